The Bertz CT molecular complexity index is 1620. The molecule has 1 aromatic carbocycles. The number of aromatic nitrogens is 2. The van der Waals surface area contributed by atoms with Crippen LogP contribution >= 0.6 is 0 Å². The quantitative estimate of drug-likeness (QED) is 0.170. The van der Waals surface area contributed by atoms with Gasteiger partial charge >= 0.3 is 0 Å². The van der Waals surface area contributed by atoms with Crippen LogP contribution in [-0.4, -0.2) is 75.5 Å². The van der Waals surface area contributed by atoms with Crippen molar-refractivity contribution in [2.24, 2.45) is 17.3 Å². The summed E-state index contributed by atoms with van der Waals surface area (Å²) in [5.41, 5.74) is 0.443. The molecule has 0 spiro atoms. The number of ketones is 1. The highest BCUT2D eigenvalue weighted by Crippen LogP contribution is 2.37. The molecule has 0 aliphatic heterocycles. The zero-order valence-electron chi connectivity index (χ0n) is 32.1. The first-order valence-corrected chi connectivity index (χ1v) is 19.7. The van der Waals surface area contributed by atoms with Gasteiger partial charge in [-0.05, 0) is 74.2 Å². The molecule has 0 radical (unpaired) electrons. The summed E-state index contributed by atoms with van der Waals surface area (Å²) in [5, 5.41) is 14.6. The van der Waals surface area contributed by atoms with E-state index in [9.17, 15) is 28.8 Å². The van der Waals surface area contributed by atoms with Crippen LogP contribution in [0.1, 0.15) is 127 Å². The van der Waals surface area contributed by atoms with Gasteiger partial charge in [0.25, 0.3) is 11.8 Å². The molecule has 292 valence electrons. The van der Waals surface area contributed by atoms with Crippen molar-refractivity contribution in [2.75, 3.05) is 0 Å². The Kier molecular flexibility index (Phi) is 13.9. The van der Waals surface area contributed by atoms with E-state index in [-0.39, 0.29) is 23.6 Å². The van der Waals surface area contributed by atoms with Gasteiger partial charge in [0.1, 0.15) is 17.8 Å². The smallest absolute Gasteiger partial charge is 0.289 e. The molecular weight excluding hydrogens is 686 g/mol. The van der Waals surface area contributed by atoms with Crippen LogP contribution in [0, 0.1) is 17.3 Å². The second-order valence-electron chi connectivity index (χ2n) is 16.4. The highest BCUT2D eigenvalue weighted by Gasteiger charge is 2.43. The van der Waals surface area contributed by atoms with E-state index in [0.29, 0.717) is 32.1 Å². The van der Waals surface area contributed by atoms with E-state index in [1.165, 1.54) is 18.6 Å². The van der Waals surface area contributed by atoms with Crippen LogP contribution in [0.2, 0.25) is 0 Å². The van der Waals surface area contributed by atoms with Gasteiger partial charge in [-0.3, -0.25) is 33.8 Å². The Morgan fingerprint density at radius 1 is 0.815 bits per heavy atom. The molecule has 1 heterocycles. The van der Waals surface area contributed by atoms with Crippen molar-refractivity contribution >= 4 is 35.3 Å². The fourth-order valence-electron chi connectivity index (χ4n) is 7.81. The lowest BCUT2D eigenvalue weighted by atomic mass is 9.74. The molecule has 5 rings (SSSR count). The van der Waals surface area contributed by atoms with Gasteiger partial charge in [0, 0.05) is 24.5 Å². The van der Waals surface area contributed by atoms with Crippen LogP contribution in [-0.2, 0) is 24.0 Å². The number of benzene rings is 1. The van der Waals surface area contributed by atoms with Crippen LogP contribution in [0.4, 0.5) is 0 Å². The van der Waals surface area contributed by atoms with Crippen molar-refractivity contribution in [1.82, 2.24) is 36.6 Å². The van der Waals surface area contributed by atoms with Crippen LogP contribution in [0.5, 0.6) is 0 Å². The maximum Gasteiger partial charge on any atom is 0.289 e. The highest BCUT2D eigenvalue weighted by molar-refractivity contribution is 6.38. The average molecular weight is 744 g/mol. The van der Waals surface area contributed by atoms with E-state index in [4.69, 9.17) is 0 Å². The van der Waals surface area contributed by atoms with Gasteiger partial charge in [0.05, 0.1) is 18.2 Å². The number of hydrogen-bond acceptors (Lipinski definition) is 8. The van der Waals surface area contributed by atoms with Gasteiger partial charge in [-0.15, -0.1) is 0 Å². The van der Waals surface area contributed by atoms with Crippen LogP contribution in [0.15, 0.2) is 48.9 Å². The summed E-state index contributed by atoms with van der Waals surface area (Å²) in [6.07, 6.45) is 12.9. The monoisotopic (exact) mass is 743 g/mol. The average Bonchev–Trinajstić information content (AvgIpc) is 4.00. The molecule has 2 unspecified atom stereocenters. The molecule has 3 aliphatic carbocycles. The Balaban J connectivity index is 1.34. The fraction of sp³-hybridized carbons (Fsp3) is 0.610. The number of nitrogens with one attached hydrogen (secondary N) is 5. The first kappa shape index (κ1) is 40.5. The van der Waals surface area contributed by atoms with E-state index in [1.807, 2.05) is 58.0 Å². The van der Waals surface area contributed by atoms with Gasteiger partial charge in [0.2, 0.25) is 23.5 Å². The van der Waals surface area contributed by atoms with Crippen molar-refractivity contribution in [3.8, 4) is 0 Å². The van der Waals surface area contributed by atoms with Gasteiger partial charge in [-0.2, -0.15) is 0 Å². The standard InChI is InChI=1S/C41H57N7O6/c1-5-12-31(34(49)39(53)44-28-18-19-28)46-36(50)29-23-27(25-13-8-6-9-14-25)17-20-30(29)45-40(54)35(41(2,3)4)48-38(52)33(26-15-10-7-11-16-26)47-37(51)32-24-42-21-22-43-32/h6,8-9,13-14,21-22,24,26-31,33,35H,5,7,10-12,15-20,23H2,1-4H3,(H,44,53)(H,45,54)(H,46,50)(H,47,51)(H,48,52)/t27-,29+,30-,31?,33-,35?/m0/s1. The Labute approximate surface area is 318 Å². The normalized spacial score (nSPS) is 22.1. The third-order valence-corrected chi connectivity index (χ3v) is 11.0. The number of carbonyl (C=O) groups is 6. The van der Waals surface area contributed by atoms with E-state index in [1.54, 1.807) is 0 Å². The molecule has 6 atom stereocenters. The maximum atomic E-state index is 14.3. The summed E-state index contributed by atoms with van der Waals surface area (Å²) in [4.78, 5) is 89.8. The molecule has 2 aromatic rings. The second kappa shape index (κ2) is 18.6. The number of amides is 5. The summed E-state index contributed by atoms with van der Waals surface area (Å²) < 4.78 is 0. The molecule has 3 aliphatic rings. The predicted octanol–water partition coefficient (Wildman–Crippen LogP) is 3.89. The summed E-state index contributed by atoms with van der Waals surface area (Å²) >= 11 is 0. The lowest BCUT2D eigenvalue weighted by Crippen LogP contribution is -2.62. The predicted molar refractivity (Wildman–Crippen MR) is 203 cm³/mol. The van der Waals surface area contributed by atoms with Crippen LogP contribution in [0.25, 0.3) is 0 Å². The number of carbonyl (C=O) groups excluding carboxylic acids is 6. The summed E-state index contributed by atoms with van der Waals surface area (Å²) in [6.45, 7) is 7.46. The lowest BCUT2D eigenvalue weighted by Gasteiger charge is -2.39. The SMILES string of the molecule is CCCC(NC(=O)[C@@H]1C[C@@H](c2ccccc2)CC[C@@H]1NC(=O)C(NC(=O)[C@@H](NC(=O)c1cnccn1)C1CCCCC1)C(C)(C)C)C(=O)C(=O)NC1CC1. The zero-order chi connectivity index (χ0) is 38.8. The third kappa shape index (κ3) is 10.9. The molecule has 3 fully saturated rings. The van der Waals surface area contributed by atoms with Gasteiger partial charge in [-0.25, -0.2) is 4.98 Å². The largest absolute Gasteiger partial charge is 0.351 e. The van der Waals surface area contributed by atoms with E-state index in [0.717, 1.165) is 50.5 Å². The number of hydrogen-bond donors (Lipinski definition) is 5. The highest BCUT2D eigenvalue weighted by atomic mass is 16.2. The molecule has 13 heteroatoms. The number of Topliss-reactive ketones (excluding diaryl/α,β-unsaturated/α-hetero) is 1. The fourth-order valence-corrected chi connectivity index (χ4v) is 7.81. The number of nitrogens with zero attached hydrogens (tertiary/aromatic N) is 2. The Morgan fingerprint density at radius 2 is 1.54 bits per heavy atom. The van der Waals surface area contributed by atoms with E-state index < -0.39 is 70.8 Å². The van der Waals surface area contributed by atoms with Crippen molar-refractivity contribution in [3.63, 3.8) is 0 Å². The molecule has 0 saturated heterocycles. The Morgan fingerprint density at radius 3 is 2.17 bits per heavy atom. The third-order valence-electron chi connectivity index (χ3n) is 11.0. The minimum atomic E-state index is -0.999. The van der Waals surface area contributed by atoms with E-state index >= 15 is 0 Å². The molecule has 5 N–H and O–H groups in total. The number of rotatable bonds is 15. The molecular formula is C41H57N7O6. The molecule has 13 nitrogen and oxygen atoms in total. The summed E-state index contributed by atoms with van der Waals surface area (Å²) in [7, 11) is 0. The summed E-state index contributed by atoms with van der Waals surface area (Å²) in [6, 6.07) is 6.46. The van der Waals surface area contributed by atoms with Crippen molar-refractivity contribution < 1.29 is 28.8 Å². The zero-order valence-corrected chi connectivity index (χ0v) is 32.1. The van der Waals surface area contributed by atoms with Crippen molar-refractivity contribution in [1.29, 1.82) is 0 Å². The molecule has 5 amide bonds. The minimum absolute atomic E-state index is 0.00707. The molecule has 1 aromatic heterocycles. The Hall–Kier alpha value is -4.68. The van der Waals surface area contributed by atoms with Gasteiger partial charge in [0.15, 0.2) is 0 Å². The maximum absolute atomic E-state index is 14.3. The first-order valence-electron chi connectivity index (χ1n) is 19.7. The lowest BCUT2D eigenvalue weighted by molar-refractivity contribution is -0.141. The van der Waals surface area contributed by atoms with Crippen LogP contribution < -0.4 is 26.6 Å². The van der Waals surface area contributed by atoms with Gasteiger partial charge in [-0.1, -0.05) is 83.7 Å². The summed E-state index contributed by atoms with van der Waals surface area (Å²) in [5.74, 6) is -3.94. The van der Waals surface area contributed by atoms with E-state index in [2.05, 4.69) is 36.6 Å². The van der Waals surface area contributed by atoms with Crippen molar-refractivity contribution in [3.05, 3.63) is 60.2 Å². The second-order valence-corrected chi connectivity index (χ2v) is 16.4. The van der Waals surface area contributed by atoms with Crippen LogP contribution in [0.3, 0.4) is 0 Å². The first-order chi connectivity index (χ1) is 25.8. The minimum Gasteiger partial charge on any atom is -0.351 e. The van der Waals surface area contributed by atoms with Crippen molar-refractivity contribution in [2.45, 2.75) is 141 Å². The molecule has 3 saturated carbocycles. The molecule has 54 heavy (non-hydrogen) atoms. The molecule has 0 bridgehead atoms. The topological polar surface area (TPSA) is 188 Å². The van der Waals surface area contributed by atoms with Gasteiger partial charge < -0.3 is 26.6 Å².